The first kappa shape index (κ1) is 14.3. The minimum absolute atomic E-state index is 0.276. The zero-order valence-corrected chi connectivity index (χ0v) is 12.7. The van der Waals surface area contributed by atoms with Crippen LogP contribution in [0.1, 0.15) is 37.8 Å². The van der Waals surface area contributed by atoms with Gasteiger partial charge in [-0.1, -0.05) is 24.6 Å². The van der Waals surface area contributed by atoms with Gasteiger partial charge in [-0.3, -0.25) is 4.90 Å². The molecule has 1 aliphatic rings. The van der Waals surface area contributed by atoms with Crippen molar-refractivity contribution >= 4 is 0 Å². The standard InChI is InChI=1S/C17H24N4/c1-14-7-5-6-10-20(14)17(11-18)15-12-19-21(13-15)16-8-3-2-4-9-16/h2-4,8-9,12-14,17H,5-7,10-11,18H2,1H3. The molecule has 0 aliphatic carbocycles. The molecular formula is C17H24N4. The van der Waals surface area contributed by atoms with Crippen molar-refractivity contribution in [3.8, 4) is 5.69 Å². The molecule has 1 saturated heterocycles. The summed E-state index contributed by atoms with van der Waals surface area (Å²) >= 11 is 0. The average Bonchev–Trinajstić information content (AvgIpc) is 3.00. The minimum Gasteiger partial charge on any atom is -0.329 e. The van der Waals surface area contributed by atoms with Gasteiger partial charge in [0.2, 0.25) is 0 Å². The van der Waals surface area contributed by atoms with E-state index in [0.29, 0.717) is 12.6 Å². The first-order valence-electron chi connectivity index (χ1n) is 7.85. The summed E-state index contributed by atoms with van der Waals surface area (Å²) in [6.45, 7) is 4.09. The summed E-state index contributed by atoms with van der Waals surface area (Å²) in [6.07, 6.45) is 7.95. The molecule has 0 bridgehead atoms. The Bertz CT molecular complexity index is 563. The maximum atomic E-state index is 6.07. The van der Waals surface area contributed by atoms with Crippen LogP contribution in [0.5, 0.6) is 0 Å². The zero-order chi connectivity index (χ0) is 14.7. The second kappa shape index (κ2) is 6.41. The van der Waals surface area contributed by atoms with Gasteiger partial charge in [0.1, 0.15) is 0 Å². The Balaban J connectivity index is 1.83. The van der Waals surface area contributed by atoms with Gasteiger partial charge in [0, 0.05) is 24.3 Å². The molecule has 0 radical (unpaired) electrons. The second-order valence-corrected chi connectivity index (χ2v) is 5.89. The molecule has 1 aliphatic heterocycles. The van der Waals surface area contributed by atoms with Crippen molar-refractivity contribution in [3.63, 3.8) is 0 Å². The lowest BCUT2D eigenvalue weighted by molar-refractivity contribution is 0.109. The largest absolute Gasteiger partial charge is 0.329 e. The van der Waals surface area contributed by atoms with Crippen LogP contribution in [0.25, 0.3) is 5.69 Å². The Labute approximate surface area is 126 Å². The number of likely N-dealkylation sites (tertiary alicyclic amines) is 1. The van der Waals surface area contributed by atoms with Crippen LogP contribution in [-0.4, -0.2) is 33.8 Å². The van der Waals surface area contributed by atoms with Crippen LogP contribution in [0.15, 0.2) is 42.7 Å². The molecule has 2 heterocycles. The van der Waals surface area contributed by atoms with E-state index in [1.807, 2.05) is 29.1 Å². The van der Waals surface area contributed by atoms with Crippen molar-refractivity contribution in [2.45, 2.75) is 38.3 Å². The van der Waals surface area contributed by atoms with Gasteiger partial charge in [-0.05, 0) is 38.4 Å². The van der Waals surface area contributed by atoms with Gasteiger partial charge in [0.15, 0.2) is 0 Å². The van der Waals surface area contributed by atoms with Crippen LogP contribution >= 0.6 is 0 Å². The monoisotopic (exact) mass is 284 g/mol. The Kier molecular flexibility index (Phi) is 4.36. The summed E-state index contributed by atoms with van der Waals surface area (Å²) in [7, 11) is 0. The van der Waals surface area contributed by atoms with Gasteiger partial charge in [-0.2, -0.15) is 5.10 Å². The molecule has 0 saturated carbocycles. The first-order chi connectivity index (χ1) is 10.3. The molecule has 0 spiro atoms. The van der Waals surface area contributed by atoms with Gasteiger partial charge >= 0.3 is 0 Å². The van der Waals surface area contributed by atoms with Crippen LogP contribution < -0.4 is 5.73 Å². The van der Waals surface area contributed by atoms with Gasteiger partial charge in [0.05, 0.1) is 17.9 Å². The number of rotatable bonds is 4. The van der Waals surface area contributed by atoms with E-state index in [9.17, 15) is 0 Å². The summed E-state index contributed by atoms with van der Waals surface area (Å²) in [4.78, 5) is 2.54. The van der Waals surface area contributed by atoms with Crippen molar-refractivity contribution in [2.24, 2.45) is 5.73 Å². The number of para-hydroxylation sites is 1. The number of aromatic nitrogens is 2. The van der Waals surface area contributed by atoms with Crippen LogP contribution in [0.3, 0.4) is 0 Å². The molecule has 112 valence electrons. The molecule has 1 aromatic carbocycles. The fraction of sp³-hybridized carbons (Fsp3) is 0.471. The highest BCUT2D eigenvalue weighted by molar-refractivity contribution is 5.31. The summed E-state index contributed by atoms with van der Waals surface area (Å²) in [6, 6.07) is 11.1. The number of hydrogen-bond acceptors (Lipinski definition) is 3. The van der Waals surface area contributed by atoms with Gasteiger partial charge < -0.3 is 5.73 Å². The molecule has 2 unspecified atom stereocenters. The fourth-order valence-electron chi connectivity index (χ4n) is 3.28. The van der Waals surface area contributed by atoms with E-state index in [2.05, 4.69) is 35.3 Å². The lowest BCUT2D eigenvalue weighted by atomic mass is 9.99. The quantitative estimate of drug-likeness (QED) is 0.939. The van der Waals surface area contributed by atoms with E-state index in [-0.39, 0.29) is 6.04 Å². The summed E-state index contributed by atoms with van der Waals surface area (Å²) in [5, 5.41) is 4.51. The molecule has 0 amide bonds. The summed E-state index contributed by atoms with van der Waals surface area (Å²) in [5.74, 6) is 0. The third-order valence-corrected chi connectivity index (χ3v) is 4.49. The van der Waals surface area contributed by atoms with E-state index in [0.717, 1.165) is 12.2 Å². The number of nitrogens with two attached hydrogens (primary N) is 1. The summed E-state index contributed by atoms with van der Waals surface area (Å²) < 4.78 is 1.94. The SMILES string of the molecule is CC1CCCCN1C(CN)c1cnn(-c2ccccc2)c1. The smallest absolute Gasteiger partial charge is 0.0645 e. The number of nitrogens with zero attached hydrogens (tertiary/aromatic N) is 3. The first-order valence-corrected chi connectivity index (χ1v) is 7.85. The molecule has 2 aromatic rings. The third kappa shape index (κ3) is 3.01. The van der Waals surface area contributed by atoms with E-state index in [4.69, 9.17) is 5.73 Å². The molecule has 4 nitrogen and oxygen atoms in total. The third-order valence-electron chi connectivity index (χ3n) is 4.49. The summed E-state index contributed by atoms with van der Waals surface area (Å²) in [5.41, 5.74) is 8.37. The van der Waals surface area contributed by atoms with Gasteiger partial charge in [-0.25, -0.2) is 4.68 Å². The highest BCUT2D eigenvalue weighted by Gasteiger charge is 2.27. The fourth-order valence-corrected chi connectivity index (χ4v) is 3.28. The lowest BCUT2D eigenvalue weighted by Crippen LogP contribution is -2.42. The molecular weight excluding hydrogens is 260 g/mol. The van der Waals surface area contributed by atoms with E-state index >= 15 is 0 Å². The van der Waals surface area contributed by atoms with Crippen LogP contribution in [0, 0.1) is 0 Å². The highest BCUT2D eigenvalue weighted by atomic mass is 15.3. The van der Waals surface area contributed by atoms with Crippen molar-refractivity contribution < 1.29 is 0 Å². The predicted molar refractivity (Wildman–Crippen MR) is 85.4 cm³/mol. The predicted octanol–water partition coefficient (Wildman–Crippen LogP) is 2.75. The van der Waals surface area contributed by atoms with E-state index in [1.54, 1.807) is 0 Å². The molecule has 2 N–H and O–H groups in total. The molecule has 1 fully saturated rings. The number of piperidine rings is 1. The number of benzene rings is 1. The Morgan fingerprint density at radius 3 is 2.81 bits per heavy atom. The Hall–Kier alpha value is -1.65. The van der Waals surface area contributed by atoms with Crippen LogP contribution in [-0.2, 0) is 0 Å². The van der Waals surface area contributed by atoms with Crippen LogP contribution in [0.4, 0.5) is 0 Å². The van der Waals surface area contributed by atoms with Crippen molar-refractivity contribution in [3.05, 3.63) is 48.3 Å². The number of hydrogen-bond donors (Lipinski definition) is 1. The Morgan fingerprint density at radius 1 is 1.29 bits per heavy atom. The normalized spacial score (nSPS) is 21.3. The zero-order valence-electron chi connectivity index (χ0n) is 12.7. The average molecular weight is 284 g/mol. The van der Waals surface area contributed by atoms with Gasteiger partial charge in [-0.15, -0.1) is 0 Å². The minimum atomic E-state index is 0.276. The molecule has 3 rings (SSSR count). The topological polar surface area (TPSA) is 47.1 Å². The Morgan fingerprint density at radius 2 is 2.10 bits per heavy atom. The van der Waals surface area contributed by atoms with Gasteiger partial charge in [0.25, 0.3) is 0 Å². The maximum absolute atomic E-state index is 6.07. The van der Waals surface area contributed by atoms with E-state index < -0.39 is 0 Å². The molecule has 2 atom stereocenters. The molecule has 21 heavy (non-hydrogen) atoms. The lowest BCUT2D eigenvalue weighted by Gasteiger charge is -2.38. The van der Waals surface area contributed by atoms with Crippen molar-refractivity contribution in [2.75, 3.05) is 13.1 Å². The van der Waals surface area contributed by atoms with Crippen LogP contribution in [0.2, 0.25) is 0 Å². The molecule has 4 heteroatoms. The van der Waals surface area contributed by atoms with Crippen molar-refractivity contribution in [1.82, 2.24) is 14.7 Å². The second-order valence-electron chi connectivity index (χ2n) is 5.89. The molecule has 1 aromatic heterocycles. The van der Waals surface area contributed by atoms with E-state index in [1.165, 1.54) is 24.8 Å². The maximum Gasteiger partial charge on any atom is 0.0645 e. The van der Waals surface area contributed by atoms with Crippen molar-refractivity contribution in [1.29, 1.82) is 0 Å². The highest BCUT2D eigenvalue weighted by Crippen LogP contribution is 2.28.